The minimum Gasteiger partial charge on any atom is -0.480 e. The smallest absolute Gasteiger partial charge is 0.321 e. The summed E-state index contributed by atoms with van der Waals surface area (Å²) in [6.45, 7) is 12.3. The summed E-state index contributed by atoms with van der Waals surface area (Å²) in [6, 6.07) is 0.324. The Bertz CT molecular complexity index is 755. The van der Waals surface area contributed by atoms with Crippen molar-refractivity contribution in [3.05, 3.63) is 18.1 Å². The molecule has 1 aromatic heterocycles. The van der Waals surface area contributed by atoms with Crippen molar-refractivity contribution in [2.75, 3.05) is 11.9 Å². The van der Waals surface area contributed by atoms with Crippen molar-refractivity contribution in [1.82, 2.24) is 15.3 Å². The molecule has 1 aromatic rings. The number of piperidine rings is 1. The molecule has 0 amide bonds. The summed E-state index contributed by atoms with van der Waals surface area (Å²) in [5, 5.41) is 16.0. The predicted octanol–water partition coefficient (Wildman–Crippen LogP) is 1.88. The molecule has 2 heterocycles. The van der Waals surface area contributed by atoms with Gasteiger partial charge in [0.25, 0.3) is 0 Å². The van der Waals surface area contributed by atoms with E-state index in [9.17, 15) is 14.7 Å². The van der Waals surface area contributed by atoms with Crippen LogP contribution in [-0.2, 0) is 9.59 Å². The van der Waals surface area contributed by atoms with Crippen molar-refractivity contribution in [3.63, 3.8) is 0 Å². The summed E-state index contributed by atoms with van der Waals surface area (Å²) in [5.41, 5.74) is -1.64. The minimum atomic E-state index is -0.961. The third-order valence-electron chi connectivity index (χ3n) is 6.24. The number of Topliss-reactive ketones (excluding diaryl/α,β-unsaturated/α-hetero) is 1. The molecule has 7 heteroatoms. The molecule has 0 aromatic carbocycles. The Morgan fingerprint density at radius 3 is 2.54 bits per heavy atom. The number of aryl methyl sites for hydroxylation is 1. The zero-order valence-electron chi connectivity index (χ0n) is 16.3. The normalized spacial score (nSPS) is 30.4. The zero-order valence-corrected chi connectivity index (χ0v) is 16.3. The fourth-order valence-corrected chi connectivity index (χ4v) is 4.80. The van der Waals surface area contributed by atoms with Crippen LogP contribution in [-0.4, -0.2) is 45.5 Å². The molecule has 3 rings (SSSR count). The molecule has 0 spiro atoms. The molecule has 1 saturated carbocycles. The number of fused-ring (bicyclic) bond motifs is 1. The van der Waals surface area contributed by atoms with Gasteiger partial charge in [-0.1, -0.05) is 34.6 Å². The Labute approximate surface area is 154 Å². The first-order valence-corrected chi connectivity index (χ1v) is 9.00. The molecule has 2 aliphatic rings. The first-order valence-electron chi connectivity index (χ1n) is 9.00. The second-order valence-corrected chi connectivity index (χ2v) is 9.12. The third-order valence-corrected chi connectivity index (χ3v) is 6.24. The lowest BCUT2D eigenvalue weighted by Gasteiger charge is -2.36. The van der Waals surface area contributed by atoms with Gasteiger partial charge >= 0.3 is 5.97 Å². The molecule has 1 aliphatic carbocycles. The lowest BCUT2D eigenvalue weighted by Crippen LogP contribution is -2.53. The van der Waals surface area contributed by atoms with Crippen LogP contribution >= 0.6 is 0 Å². The molecule has 1 aliphatic heterocycles. The maximum absolute atomic E-state index is 13.8. The highest BCUT2D eigenvalue weighted by atomic mass is 16.4. The number of carboxylic acid groups (broad SMARTS) is 1. The van der Waals surface area contributed by atoms with Crippen LogP contribution < -0.4 is 10.6 Å². The maximum Gasteiger partial charge on any atom is 0.321 e. The molecule has 3 N–H and O–H groups in total. The maximum atomic E-state index is 13.8. The number of hydrogen-bond acceptors (Lipinski definition) is 6. The largest absolute Gasteiger partial charge is 0.480 e. The van der Waals surface area contributed by atoms with Crippen LogP contribution in [0.2, 0.25) is 0 Å². The fourth-order valence-electron chi connectivity index (χ4n) is 4.80. The Morgan fingerprint density at radius 1 is 1.38 bits per heavy atom. The van der Waals surface area contributed by atoms with Gasteiger partial charge in [0.1, 0.15) is 17.7 Å². The van der Waals surface area contributed by atoms with Crippen molar-refractivity contribution >= 4 is 17.6 Å². The summed E-state index contributed by atoms with van der Waals surface area (Å²) in [5.74, 6) is 0.215. The Kier molecular flexibility index (Phi) is 4.14. The second-order valence-electron chi connectivity index (χ2n) is 9.12. The highest BCUT2D eigenvalue weighted by Crippen LogP contribution is 2.73. The molecule has 26 heavy (non-hydrogen) atoms. The molecule has 142 valence electrons. The Hall–Kier alpha value is -2.02. The van der Waals surface area contributed by atoms with E-state index >= 15 is 0 Å². The number of nitrogens with zero attached hydrogens (tertiary/aromatic N) is 2. The van der Waals surface area contributed by atoms with Gasteiger partial charge in [-0.05, 0) is 29.7 Å². The second kappa shape index (κ2) is 5.74. The number of rotatable bonds is 5. The van der Waals surface area contributed by atoms with Gasteiger partial charge in [0.05, 0.1) is 11.5 Å². The third kappa shape index (κ3) is 2.52. The van der Waals surface area contributed by atoms with E-state index in [1.165, 1.54) is 0 Å². The van der Waals surface area contributed by atoms with E-state index in [0.717, 1.165) is 0 Å². The van der Waals surface area contributed by atoms with Gasteiger partial charge < -0.3 is 15.7 Å². The number of aromatic nitrogens is 2. The van der Waals surface area contributed by atoms with Gasteiger partial charge in [0, 0.05) is 12.7 Å². The van der Waals surface area contributed by atoms with E-state index < -0.39 is 28.9 Å². The minimum absolute atomic E-state index is 0.0300. The van der Waals surface area contributed by atoms with Crippen molar-refractivity contribution in [2.45, 2.75) is 53.6 Å². The van der Waals surface area contributed by atoms with Crippen LogP contribution in [0.25, 0.3) is 0 Å². The SMILES string of the molecule is Cc1nccc(NC(C(=O)C23C(C(=O)O)NCC2C3(C)C)C(C)(C)C)n1. The van der Waals surface area contributed by atoms with E-state index in [2.05, 4.69) is 20.6 Å². The van der Waals surface area contributed by atoms with E-state index in [1.807, 2.05) is 34.6 Å². The van der Waals surface area contributed by atoms with Crippen LogP contribution in [0, 0.1) is 29.1 Å². The topological polar surface area (TPSA) is 104 Å². The van der Waals surface area contributed by atoms with E-state index in [1.54, 1.807) is 19.2 Å². The predicted molar refractivity (Wildman–Crippen MR) is 97.8 cm³/mol. The highest BCUT2D eigenvalue weighted by Gasteiger charge is 2.82. The van der Waals surface area contributed by atoms with Crippen LogP contribution in [0.1, 0.15) is 40.4 Å². The molecule has 0 radical (unpaired) electrons. The standard InChI is InChI=1S/C19H28N4O3/c1-10-20-8-7-12(22-10)23-13(17(2,3)4)15(24)19-11(18(19,5)6)9-21-14(19)16(25)26/h7-8,11,13-14,21H,9H2,1-6H3,(H,25,26)(H,20,22,23). The summed E-state index contributed by atoms with van der Waals surface area (Å²) in [4.78, 5) is 34.1. The molecule has 4 atom stereocenters. The van der Waals surface area contributed by atoms with E-state index in [0.29, 0.717) is 18.2 Å². The van der Waals surface area contributed by atoms with Gasteiger partial charge in [-0.15, -0.1) is 0 Å². The van der Waals surface area contributed by atoms with Gasteiger partial charge in [-0.2, -0.15) is 0 Å². The van der Waals surface area contributed by atoms with Crippen LogP contribution in [0.4, 0.5) is 5.82 Å². The number of ketones is 1. The monoisotopic (exact) mass is 360 g/mol. The highest BCUT2D eigenvalue weighted by molar-refractivity contribution is 6.01. The van der Waals surface area contributed by atoms with Crippen molar-refractivity contribution in [2.24, 2.45) is 22.2 Å². The fraction of sp³-hybridized carbons (Fsp3) is 0.684. The van der Waals surface area contributed by atoms with Gasteiger partial charge in [0.15, 0.2) is 5.78 Å². The average molecular weight is 360 g/mol. The molecule has 1 saturated heterocycles. The van der Waals surface area contributed by atoms with Crippen LogP contribution in [0.3, 0.4) is 0 Å². The molecule has 4 unspecified atom stereocenters. The van der Waals surface area contributed by atoms with Crippen LogP contribution in [0.15, 0.2) is 12.3 Å². The van der Waals surface area contributed by atoms with Crippen molar-refractivity contribution in [1.29, 1.82) is 0 Å². The number of carboxylic acids is 1. The van der Waals surface area contributed by atoms with Crippen molar-refractivity contribution < 1.29 is 14.7 Å². The summed E-state index contributed by atoms with van der Waals surface area (Å²) in [6.07, 6.45) is 1.65. The summed E-state index contributed by atoms with van der Waals surface area (Å²) in [7, 11) is 0. The number of hydrogen-bond donors (Lipinski definition) is 3. The summed E-state index contributed by atoms with van der Waals surface area (Å²) < 4.78 is 0. The number of carbonyl (C=O) groups excluding carboxylic acids is 1. The molecule has 7 nitrogen and oxygen atoms in total. The lowest BCUT2D eigenvalue weighted by atomic mass is 9.74. The van der Waals surface area contributed by atoms with Gasteiger partial charge in [-0.25, -0.2) is 9.97 Å². The van der Waals surface area contributed by atoms with Gasteiger partial charge in [0.2, 0.25) is 0 Å². The van der Waals surface area contributed by atoms with Gasteiger partial charge in [-0.3, -0.25) is 9.59 Å². The number of nitrogens with one attached hydrogen (secondary N) is 2. The molecule has 2 fully saturated rings. The number of carbonyl (C=O) groups is 2. The Balaban J connectivity index is 1.99. The number of anilines is 1. The molecule has 0 bridgehead atoms. The van der Waals surface area contributed by atoms with Crippen molar-refractivity contribution in [3.8, 4) is 0 Å². The van der Waals surface area contributed by atoms with E-state index in [-0.39, 0.29) is 17.1 Å². The quantitative estimate of drug-likeness (QED) is 0.736. The number of aliphatic carboxylic acids is 1. The molecular formula is C19H28N4O3. The summed E-state index contributed by atoms with van der Waals surface area (Å²) >= 11 is 0. The van der Waals surface area contributed by atoms with E-state index in [4.69, 9.17) is 0 Å². The lowest BCUT2D eigenvalue weighted by molar-refractivity contribution is -0.145. The zero-order chi connectivity index (χ0) is 19.5. The Morgan fingerprint density at radius 2 is 2.04 bits per heavy atom. The first-order chi connectivity index (χ1) is 11.9. The molecular weight excluding hydrogens is 332 g/mol. The average Bonchev–Trinajstić information content (AvgIpc) is 2.83. The first kappa shape index (κ1) is 18.8. The van der Waals surface area contributed by atoms with Crippen LogP contribution in [0.5, 0.6) is 0 Å².